The van der Waals surface area contributed by atoms with Crippen LogP contribution in [0.15, 0.2) is 205 Å². The van der Waals surface area contributed by atoms with Gasteiger partial charge in [0, 0.05) is 38.2 Å². The Morgan fingerprint density at radius 2 is 0.882 bits per heavy atom. The number of nitrogens with zero attached hydrogens (tertiary/aromatic N) is 3. The predicted molar refractivity (Wildman–Crippen MR) is 281 cm³/mol. The summed E-state index contributed by atoms with van der Waals surface area (Å²) in [5.41, 5.74) is 25.4. The SMILES string of the molecule is CC1(C)c2ccccc2-c2ccc(-c3ccc4c(c3)c3cc(-c5ccc6c(c5)C(C)(C)c5ccccc5-6)ccc3n4-c3cccc(-c4cccc(-c5ncnc6c5oc5ccccc56)c4)c3)cc21. The summed E-state index contributed by atoms with van der Waals surface area (Å²) in [7, 11) is 0. The van der Waals surface area contributed by atoms with Gasteiger partial charge in [-0.2, -0.15) is 0 Å². The lowest BCUT2D eigenvalue weighted by molar-refractivity contribution is 0.660. The van der Waals surface area contributed by atoms with Gasteiger partial charge in [-0.3, -0.25) is 0 Å². The number of rotatable bonds is 5. The Bertz CT molecular complexity index is 3940. The molecule has 14 rings (SSSR count). The van der Waals surface area contributed by atoms with E-state index in [0.717, 1.165) is 44.6 Å². The molecule has 0 fully saturated rings. The van der Waals surface area contributed by atoms with E-state index in [1.54, 1.807) is 6.33 Å². The minimum absolute atomic E-state index is 0.0816. The molecule has 322 valence electrons. The highest BCUT2D eigenvalue weighted by Gasteiger charge is 2.36. The number of benzene rings is 9. The Morgan fingerprint density at radius 1 is 0.382 bits per heavy atom. The Hall–Kier alpha value is -8.34. The largest absolute Gasteiger partial charge is 0.452 e. The first-order valence-corrected chi connectivity index (χ1v) is 23.6. The molecular formula is C64H45N3O. The van der Waals surface area contributed by atoms with Gasteiger partial charge in [-0.1, -0.05) is 155 Å². The molecule has 2 aliphatic carbocycles. The van der Waals surface area contributed by atoms with Crippen LogP contribution in [0.5, 0.6) is 0 Å². The first-order chi connectivity index (χ1) is 33.2. The fraction of sp³-hybridized carbons (Fsp3) is 0.0938. The smallest absolute Gasteiger partial charge is 0.180 e. The van der Waals surface area contributed by atoms with E-state index in [0.29, 0.717) is 5.58 Å². The second kappa shape index (κ2) is 14.1. The molecule has 9 aromatic carbocycles. The molecule has 3 aromatic heterocycles. The van der Waals surface area contributed by atoms with Crippen molar-refractivity contribution in [2.75, 3.05) is 0 Å². The number of hydrogen-bond donors (Lipinski definition) is 0. The van der Waals surface area contributed by atoms with Gasteiger partial charge < -0.3 is 8.98 Å². The fourth-order valence-electron chi connectivity index (χ4n) is 11.8. The van der Waals surface area contributed by atoms with Crippen LogP contribution in [0, 0.1) is 0 Å². The monoisotopic (exact) mass is 871 g/mol. The highest BCUT2D eigenvalue weighted by Crippen LogP contribution is 2.51. The summed E-state index contributed by atoms with van der Waals surface area (Å²) in [6.45, 7) is 9.44. The van der Waals surface area contributed by atoms with Crippen LogP contribution in [0.2, 0.25) is 0 Å². The van der Waals surface area contributed by atoms with Crippen LogP contribution in [0.25, 0.3) is 116 Å². The molecule has 0 bridgehead atoms. The maximum absolute atomic E-state index is 6.36. The first-order valence-electron chi connectivity index (χ1n) is 23.6. The molecule has 4 nitrogen and oxygen atoms in total. The Morgan fingerprint density at radius 3 is 1.53 bits per heavy atom. The van der Waals surface area contributed by atoms with Crippen LogP contribution in [0.3, 0.4) is 0 Å². The zero-order chi connectivity index (χ0) is 45.5. The summed E-state index contributed by atoms with van der Waals surface area (Å²) in [6.07, 6.45) is 1.64. The van der Waals surface area contributed by atoms with Crippen molar-refractivity contribution in [3.05, 3.63) is 223 Å². The molecule has 0 N–H and O–H groups in total. The lowest BCUT2D eigenvalue weighted by Crippen LogP contribution is -2.14. The number of para-hydroxylation sites is 1. The lowest BCUT2D eigenvalue weighted by Gasteiger charge is -2.22. The second-order valence-corrected chi connectivity index (χ2v) is 19.8. The van der Waals surface area contributed by atoms with E-state index in [4.69, 9.17) is 9.40 Å². The molecule has 0 aliphatic heterocycles. The van der Waals surface area contributed by atoms with Crippen LogP contribution in [0.1, 0.15) is 49.9 Å². The molecule has 0 saturated heterocycles. The van der Waals surface area contributed by atoms with Crippen molar-refractivity contribution in [1.29, 1.82) is 0 Å². The first kappa shape index (κ1) is 38.9. The van der Waals surface area contributed by atoms with E-state index >= 15 is 0 Å². The lowest BCUT2D eigenvalue weighted by atomic mass is 9.81. The molecule has 0 spiro atoms. The summed E-state index contributed by atoms with van der Waals surface area (Å²) in [5, 5.41) is 3.44. The molecule has 0 amide bonds. The summed E-state index contributed by atoms with van der Waals surface area (Å²) in [6, 6.07) is 71.6. The van der Waals surface area contributed by atoms with Gasteiger partial charge >= 0.3 is 0 Å². The molecule has 0 unspecified atom stereocenters. The quantitative estimate of drug-likeness (QED) is 0.173. The van der Waals surface area contributed by atoms with E-state index in [-0.39, 0.29) is 10.8 Å². The maximum atomic E-state index is 6.36. The van der Waals surface area contributed by atoms with Gasteiger partial charge in [-0.05, 0) is 145 Å². The molecule has 0 radical (unpaired) electrons. The maximum Gasteiger partial charge on any atom is 0.180 e. The van der Waals surface area contributed by atoms with Crippen molar-refractivity contribution in [3.8, 4) is 72.6 Å². The summed E-state index contributed by atoms with van der Waals surface area (Å²) in [4.78, 5) is 9.37. The van der Waals surface area contributed by atoms with Gasteiger partial charge in [0.25, 0.3) is 0 Å². The Kier molecular flexibility index (Phi) is 8.06. The average molecular weight is 872 g/mol. The molecule has 12 aromatic rings. The van der Waals surface area contributed by atoms with E-state index in [9.17, 15) is 0 Å². The zero-order valence-electron chi connectivity index (χ0n) is 38.3. The zero-order valence-corrected chi connectivity index (χ0v) is 38.3. The molecule has 0 saturated carbocycles. The van der Waals surface area contributed by atoms with Gasteiger partial charge in [0.1, 0.15) is 23.1 Å². The van der Waals surface area contributed by atoms with Crippen molar-refractivity contribution < 1.29 is 4.42 Å². The second-order valence-electron chi connectivity index (χ2n) is 19.8. The Labute approximate surface area is 394 Å². The van der Waals surface area contributed by atoms with Crippen LogP contribution in [-0.4, -0.2) is 14.5 Å². The van der Waals surface area contributed by atoms with Crippen LogP contribution >= 0.6 is 0 Å². The third kappa shape index (κ3) is 5.55. The molecule has 2 aliphatic rings. The summed E-state index contributed by atoms with van der Waals surface area (Å²) < 4.78 is 8.81. The molecule has 68 heavy (non-hydrogen) atoms. The van der Waals surface area contributed by atoms with Gasteiger partial charge in [0.2, 0.25) is 0 Å². The van der Waals surface area contributed by atoms with E-state index in [2.05, 4.69) is 213 Å². The van der Waals surface area contributed by atoms with Gasteiger partial charge in [0.05, 0.1) is 11.0 Å². The van der Waals surface area contributed by atoms with Crippen molar-refractivity contribution in [2.24, 2.45) is 0 Å². The van der Waals surface area contributed by atoms with Gasteiger partial charge in [-0.25, -0.2) is 9.97 Å². The fourth-order valence-corrected chi connectivity index (χ4v) is 11.8. The minimum atomic E-state index is -0.0816. The van der Waals surface area contributed by atoms with Crippen molar-refractivity contribution in [2.45, 2.75) is 38.5 Å². The van der Waals surface area contributed by atoms with E-state index in [1.165, 1.54) is 88.6 Å². The minimum Gasteiger partial charge on any atom is -0.452 e. The number of hydrogen-bond acceptors (Lipinski definition) is 3. The third-order valence-corrected chi connectivity index (χ3v) is 15.3. The van der Waals surface area contributed by atoms with Crippen LogP contribution in [-0.2, 0) is 10.8 Å². The van der Waals surface area contributed by atoms with E-state index in [1.807, 2.05) is 18.2 Å². The highest BCUT2D eigenvalue weighted by atomic mass is 16.3. The number of furan rings is 1. The number of aromatic nitrogens is 3. The van der Waals surface area contributed by atoms with Gasteiger partial charge in [-0.15, -0.1) is 0 Å². The predicted octanol–water partition coefficient (Wildman–Crippen LogP) is 16.8. The average Bonchev–Trinajstić information content (AvgIpc) is 4.06. The van der Waals surface area contributed by atoms with Crippen LogP contribution < -0.4 is 0 Å². The summed E-state index contributed by atoms with van der Waals surface area (Å²) in [5.74, 6) is 0. The summed E-state index contributed by atoms with van der Waals surface area (Å²) >= 11 is 0. The normalized spacial score (nSPS) is 14.1. The highest BCUT2D eigenvalue weighted by molar-refractivity contribution is 6.12. The van der Waals surface area contributed by atoms with Gasteiger partial charge in [0.15, 0.2) is 5.58 Å². The standard InChI is InChI=1S/C64H45N3O/c1-63(2)53-20-8-5-17-46(53)48-27-23-42(35-55(48)63)40-25-29-57-51(33-40)52-34-41(43-24-28-49-47-18-6-9-21-54(47)64(3,4)56(49)36-43)26-30-58(52)67(57)45-16-12-14-39(32-45)38-13-11-15-44(31-38)60-62-61(66-37-65-60)50-19-7-10-22-59(50)68-62/h5-37H,1-4H3. The third-order valence-electron chi connectivity index (χ3n) is 15.3. The van der Waals surface area contributed by atoms with Crippen molar-refractivity contribution >= 4 is 43.9 Å². The number of fused-ring (bicyclic) bond motifs is 12. The van der Waals surface area contributed by atoms with E-state index < -0.39 is 0 Å². The molecule has 0 atom stereocenters. The molecule has 3 heterocycles. The Balaban J connectivity index is 0.921. The topological polar surface area (TPSA) is 43.9 Å². The van der Waals surface area contributed by atoms with Crippen LogP contribution in [0.4, 0.5) is 0 Å². The van der Waals surface area contributed by atoms with Crippen molar-refractivity contribution in [3.63, 3.8) is 0 Å². The molecule has 4 heteroatoms. The molecular weight excluding hydrogens is 827 g/mol. The van der Waals surface area contributed by atoms with Crippen molar-refractivity contribution in [1.82, 2.24) is 14.5 Å².